The molecule has 1 fully saturated rings. The van der Waals surface area contributed by atoms with E-state index in [2.05, 4.69) is 42.7 Å². The maximum atomic E-state index is 6.11. The van der Waals surface area contributed by atoms with Crippen molar-refractivity contribution in [1.82, 2.24) is 14.9 Å². The van der Waals surface area contributed by atoms with E-state index in [1.807, 2.05) is 0 Å². The van der Waals surface area contributed by atoms with Crippen molar-refractivity contribution >= 4 is 33.5 Å². The second kappa shape index (κ2) is 6.14. The number of ether oxygens (including phenoxy) is 1. The highest BCUT2D eigenvalue weighted by molar-refractivity contribution is 9.10. The van der Waals surface area contributed by atoms with Crippen molar-refractivity contribution in [2.24, 2.45) is 0 Å². The first-order valence-electron chi connectivity index (χ1n) is 5.76. The lowest BCUT2D eigenvalue weighted by molar-refractivity contribution is 0.181. The summed E-state index contributed by atoms with van der Waals surface area (Å²) < 4.78 is 5.83. The minimum atomic E-state index is 0.420. The average Bonchev–Trinajstić information content (AvgIpc) is 2.36. The molecule has 1 aromatic heterocycles. The molecule has 0 spiro atoms. The Morgan fingerprint density at radius 1 is 1.28 bits per heavy atom. The van der Waals surface area contributed by atoms with Crippen LogP contribution in [0.2, 0.25) is 5.15 Å². The smallest absolute Gasteiger partial charge is 0.227 e. The van der Waals surface area contributed by atoms with Crippen LogP contribution in [0.25, 0.3) is 0 Å². The fraction of sp³-hybridized carbons (Fsp3) is 0.636. The van der Waals surface area contributed by atoms with Gasteiger partial charge in [-0.2, -0.15) is 4.98 Å². The molecule has 1 aromatic rings. The van der Waals surface area contributed by atoms with Crippen LogP contribution in [0.4, 0.5) is 5.95 Å². The van der Waals surface area contributed by atoms with Gasteiger partial charge < -0.3 is 14.5 Å². The van der Waals surface area contributed by atoms with Crippen LogP contribution in [0.5, 0.6) is 0 Å². The molecule has 0 amide bonds. The zero-order valence-corrected chi connectivity index (χ0v) is 12.8. The van der Waals surface area contributed by atoms with Crippen LogP contribution in [0.3, 0.4) is 0 Å². The number of halogens is 2. The molecule has 0 aliphatic carbocycles. The summed E-state index contributed by atoms with van der Waals surface area (Å²) in [5.74, 6) is 0.684. The van der Waals surface area contributed by atoms with Gasteiger partial charge in [-0.3, -0.25) is 0 Å². The number of aromatic nitrogens is 2. The molecule has 100 valence electrons. The van der Waals surface area contributed by atoms with Crippen molar-refractivity contribution in [1.29, 1.82) is 0 Å². The highest BCUT2D eigenvalue weighted by Gasteiger charge is 2.19. The third-order valence-corrected chi connectivity index (χ3v) is 4.27. The molecule has 2 rings (SSSR count). The minimum Gasteiger partial charge on any atom is -0.378 e. The number of nitrogens with zero attached hydrogens (tertiary/aromatic N) is 4. The summed E-state index contributed by atoms with van der Waals surface area (Å²) in [6.07, 6.45) is 0. The van der Waals surface area contributed by atoms with Crippen LogP contribution in [0.15, 0.2) is 4.47 Å². The molecule has 0 N–H and O–H groups in total. The Morgan fingerprint density at radius 2 is 1.94 bits per heavy atom. The third kappa shape index (κ3) is 3.12. The van der Waals surface area contributed by atoms with E-state index in [0.29, 0.717) is 22.2 Å². The second-order valence-electron chi connectivity index (χ2n) is 4.30. The molecule has 5 nitrogen and oxygen atoms in total. The van der Waals surface area contributed by atoms with E-state index in [1.165, 1.54) is 0 Å². The minimum absolute atomic E-state index is 0.420. The number of hydrogen-bond acceptors (Lipinski definition) is 5. The first kappa shape index (κ1) is 14.0. The SMILES string of the molecule is COCc1nc(N2CCN(C)CC2)nc(Cl)c1Br. The lowest BCUT2D eigenvalue weighted by Gasteiger charge is -2.32. The highest BCUT2D eigenvalue weighted by atomic mass is 79.9. The first-order valence-corrected chi connectivity index (χ1v) is 6.93. The normalized spacial score (nSPS) is 17.2. The fourth-order valence-corrected chi connectivity index (χ4v) is 2.31. The quantitative estimate of drug-likeness (QED) is 0.788. The Bertz CT molecular complexity index is 424. The Morgan fingerprint density at radius 3 is 2.56 bits per heavy atom. The maximum Gasteiger partial charge on any atom is 0.227 e. The number of piperazine rings is 1. The number of hydrogen-bond donors (Lipinski definition) is 0. The van der Waals surface area contributed by atoms with Crippen molar-refractivity contribution in [3.8, 4) is 0 Å². The van der Waals surface area contributed by atoms with Gasteiger partial charge in [0.25, 0.3) is 0 Å². The Hall–Kier alpha value is -0.430. The third-order valence-electron chi connectivity index (χ3n) is 2.93. The molecule has 0 bridgehead atoms. The van der Waals surface area contributed by atoms with Gasteiger partial charge in [0, 0.05) is 33.3 Å². The van der Waals surface area contributed by atoms with Crippen molar-refractivity contribution in [3.63, 3.8) is 0 Å². The molecule has 0 aromatic carbocycles. The van der Waals surface area contributed by atoms with Crippen LogP contribution in [0.1, 0.15) is 5.69 Å². The number of anilines is 1. The van der Waals surface area contributed by atoms with Gasteiger partial charge in [0.1, 0.15) is 5.15 Å². The summed E-state index contributed by atoms with van der Waals surface area (Å²) in [4.78, 5) is 13.3. The van der Waals surface area contributed by atoms with Crippen LogP contribution in [-0.4, -0.2) is 55.2 Å². The van der Waals surface area contributed by atoms with Gasteiger partial charge in [-0.15, -0.1) is 0 Å². The summed E-state index contributed by atoms with van der Waals surface area (Å²) in [6, 6.07) is 0. The lowest BCUT2D eigenvalue weighted by Crippen LogP contribution is -2.45. The molecule has 0 atom stereocenters. The van der Waals surface area contributed by atoms with E-state index < -0.39 is 0 Å². The summed E-state index contributed by atoms with van der Waals surface area (Å²) in [6.45, 7) is 4.28. The van der Waals surface area contributed by atoms with Crippen molar-refractivity contribution in [2.45, 2.75) is 6.61 Å². The molecule has 0 radical (unpaired) electrons. The highest BCUT2D eigenvalue weighted by Crippen LogP contribution is 2.26. The van der Waals surface area contributed by atoms with Gasteiger partial charge in [0.05, 0.1) is 16.8 Å². The van der Waals surface area contributed by atoms with Gasteiger partial charge in [0.2, 0.25) is 5.95 Å². The van der Waals surface area contributed by atoms with E-state index in [9.17, 15) is 0 Å². The van der Waals surface area contributed by atoms with Crippen LogP contribution in [-0.2, 0) is 11.3 Å². The first-order chi connectivity index (χ1) is 8.61. The summed E-state index contributed by atoms with van der Waals surface area (Å²) in [7, 11) is 3.75. The molecule has 7 heteroatoms. The summed E-state index contributed by atoms with van der Waals surface area (Å²) >= 11 is 9.50. The molecule has 0 saturated carbocycles. The van der Waals surface area contributed by atoms with Gasteiger partial charge in [-0.25, -0.2) is 4.98 Å². The molecule has 1 saturated heterocycles. The van der Waals surface area contributed by atoms with E-state index >= 15 is 0 Å². The van der Waals surface area contributed by atoms with Gasteiger partial charge in [-0.05, 0) is 23.0 Å². The average molecular weight is 336 g/mol. The molecule has 2 heterocycles. The number of rotatable bonds is 3. The molecule has 1 aliphatic heterocycles. The van der Waals surface area contributed by atoms with Crippen LogP contribution < -0.4 is 4.90 Å². The zero-order valence-electron chi connectivity index (χ0n) is 10.5. The summed E-state index contributed by atoms with van der Waals surface area (Å²) in [5, 5.41) is 0.436. The monoisotopic (exact) mass is 334 g/mol. The van der Waals surface area contributed by atoms with E-state index in [1.54, 1.807) is 7.11 Å². The summed E-state index contributed by atoms with van der Waals surface area (Å²) in [5.41, 5.74) is 0.784. The Labute approximate surface area is 120 Å². The standard InChI is InChI=1S/C11H16BrClN4O/c1-16-3-5-17(6-4-16)11-14-8(7-18-2)9(12)10(13)15-11/h3-7H2,1-2H3. The molecular weight excluding hydrogens is 320 g/mol. The van der Waals surface area contributed by atoms with E-state index in [-0.39, 0.29) is 0 Å². The van der Waals surface area contributed by atoms with Gasteiger partial charge in [0.15, 0.2) is 0 Å². The van der Waals surface area contributed by atoms with Gasteiger partial charge >= 0.3 is 0 Å². The second-order valence-corrected chi connectivity index (χ2v) is 5.45. The molecule has 0 unspecified atom stereocenters. The maximum absolute atomic E-state index is 6.11. The predicted octanol–water partition coefficient (Wildman–Crippen LogP) is 1.79. The molecular formula is C11H16BrClN4O. The zero-order chi connectivity index (χ0) is 13.1. The van der Waals surface area contributed by atoms with E-state index in [4.69, 9.17) is 16.3 Å². The van der Waals surface area contributed by atoms with Crippen molar-refractivity contribution in [2.75, 3.05) is 45.2 Å². The van der Waals surface area contributed by atoms with Crippen LogP contribution >= 0.6 is 27.5 Å². The lowest BCUT2D eigenvalue weighted by atomic mass is 10.3. The topological polar surface area (TPSA) is 41.5 Å². The fourth-order valence-electron chi connectivity index (χ4n) is 1.83. The Balaban J connectivity index is 2.22. The predicted molar refractivity (Wildman–Crippen MR) is 75.2 cm³/mol. The number of likely N-dealkylation sites (N-methyl/N-ethyl adjacent to an activating group) is 1. The van der Waals surface area contributed by atoms with Crippen molar-refractivity contribution in [3.05, 3.63) is 15.3 Å². The molecule has 18 heavy (non-hydrogen) atoms. The number of methoxy groups -OCH3 is 1. The van der Waals surface area contributed by atoms with Gasteiger partial charge in [-0.1, -0.05) is 11.6 Å². The Kier molecular flexibility index (Phi) is 4.77. The van der Waals surface area contributed by atoms with Crippen LogP contribution in [0, 0.1) is 0 Å². The van der Waals surface area contributed by atoms with E-state index in [0.717, 1.165) is 31.9 Å². The largest absolute Gasteiger partial charge is 0.378 e. The van der Waals surface area contributed by atoms with Crippen molar-refractivity contribution < 1.29 is 4.74 Å². The molecule has 1 aliphatic rings.